The highest BCUT2D eigenvalue weighted by Crippen LogP contribution is 2.39. The van der Waals surface area contributed by atoms with Gasteiger partial charge in [-0.2, -0.15) is 0 Å². The van der Waals surface area contributed by atoms with Crippen LogP contribution in [-0.4, -0.2) is 19.5 Å². The second-order valence-electron chi connectivity index (χ2n) is 11.5. The summed E-state index contributed by atoms with van der Waals surface area (Å²) in [5, 5.41) is 4.26. The molecule has 0 bridgehead atoms. The highest BCUT2D eigenvalue weighted by molar-refractivity contribution is 6.99. The van der Waals surface area contributed by atoms with Gasteiger partial charge in [0.1, 0.15) is 0 Å². The van der Waals surface area contributed by atoms with Gasteiger partial charge in [-0.05, 0) is 39.7 Å². The molecule has 0 saturated heterocycles. The molecule has 42 heavy (non-hydrogen) atoms. The Morgan fingerprint density at radius 3 is 2.02 bits per heavy atom. The zero-order chi connectivity index (χ0) is 29.9. The number of aromatic nitrogens is 1. The van der Waals surface area contributed by atoms with E-state index in [1.807, 2.05) is 54.6 Å². The van der Waals surface area contributed by atoms with Gasteiger partial charge in [0.2, 0.25) is 0 Å². The molecule has 0 aliphatic heterocycles. The number of rotatable bonds is 9. The van der Waals surface area contributed by atoms with E-state index in [0.717, 1.165) is 22.0 Å². The number of hydrogen-bond donors (Lipinski definition) is 0. The van der Waals surface area contributed by atoms with Crippen LogP contribution < -0.4 is 15.9 Å². The van der Waals surface area contributed by atoms with E-state index >= 15 is 0 Å². The van der Waals surface area contributed by atoms with E-state index in [1.165, 1.54) is 10.4 Å². The fraction of sp³-hybridized carbons (Fsp3) is 0.194. The van der Waals surface area contributed by atoms with Crippen molar-refractivity contribution in [3.05, 3.63) is 142 Å². The van der Waals surface area contributed by atoms with Crippen LogP contribution in [-0.2, 0) is 17.4 Å². The lowest BCUT2D eigenvalue weighted by atomic mass is 9.94. The van der Waals surface area contributed by atoms with Crippen molar-refractivity contribution in [2.45, 2.75) is 38.8 Å². The smallest absolute Gasteiger partial charge is 0.261 e. The number of nitrogens with zero attached hydrogens (tertiary/aromatic N) is 1. The van der Waals surface area contributed by atoms with Crippen molar-refractivity contribution in [3.63, 3.8) is 0 Å². The van der Waals surface area contributed by atoms with E-state index in [2.05, 4.69) is 75.9 Å². The fourth-order valence-electron chi connectivity index (χ4n) is 6.07. The lowest BCUT2D eigenvalue weighted by Gasteiger charge is -2.43. The minimum atomic E-state index is -2.79. The Bertz CT molecular complexity index is 1740. The van der Waals surface area contributed by atoms with Gasteiger partial charge in [0.25, 0.3) is 13.9 Å². The van der Waals surface area contributed by atoms with Crippen LogP contribution in [0.1, 0.15) is 26.3 Å². The number of allylic oxidation sites excluding steroid dienone is 1. The highest BCUT2D eigenvalue weighted by atomic mass is 35.5. The molecule has 1 aromatic heterocycles. The van der Waals surface area contributed by atoms with Crippen LogP contribution in [0.2, 0.25) is 15.1 Å². The fourth-order valence-corrected chi connectivity index (χ4v) is 11.0. The van der Waals surface area contributed by atoms with E-state index in [1.54, 1.807) is 10.6 Å². The SMILES string of the molecule is C=CCn1c(=O)c(CCO[Si](c2ccccc2)(c2ccccc2)C(C)(C)C)c(-c2ccccc2Cl)c2cc(Cl)ccc21. The zero-order valence-corrected chi connectivity index (χ0v) is 26.8. The largest absolute Gasteiger partial charge is 0.407 e. The minimum Gasteiger partial charge on any atom is -0.407 e. The topological polar surface area (TPSA) is 31.2 Å². The normalized spacial score (nSPS) is 12.0. The average molecular weight is 613 g/mol. The maximum absolute atomic E-state index is 14.3. The predicted octanol–water partition coefficient (Wildman–Crippen LogP) is 8.28. The van der Waals surface area contributed by atoms with Gasteiger partial charge in [-0.3, -0.25) is 4.79 Å². The molecule has 0 saturated carbocycles. The molecular weight excluding hydrogens is 577 g/mol. The Hall–Kier alpha value is -3.41. The van der Waals surface area contributed by atoms with E-state index in [4.69, 9.17) is 27.6 Å². The van der Waals surface area contributed by atoms with Crippen LogP contribution in [0.15, 0.2) is 121 Å². The predicted molar refractivity (Wildman–Crippen MR) is 181 cm³/mol. The second kappa shape index (κ2) is 12.4. The number of fused-ring (bicyclic) bond motifs is 1. The summed E-state index contributed by atoms with van der Waals surface area (Å²) in [5.74, 6) is 0. The first-order valence-corrected chi connectivity index (χ1v) is 16.8. The Kier molecular flexibility index (Phi) is 8.91. The Balaban J connectivity index is 1.70. The number of halogens is 2. The van der Waals surface area contributed by atoms with Crippen molar-refractivity contribution in [1.29, 1.82) is 0 Å². The molecule has 0 spiro atoms. The van der Waals surface area contributed by atoms with Crippen molar-refractivity contribution >= 4 is 52.8 Å². The van der Waals surface area contributed by atoms with E-state index < -0.39 is 8.32 Å². The molecule has 6 heteroatoms. The molecule has 0 amide bonds. The highest BCUT2D eigenvalue weighted by Gasteiger charge is 2.50. The maximum Gasteiger partial charge on any atom is 0.261 e. The van der Waals surface area contributed by atoms with Crippen molar-refractivity contribution in [1.82, 2.24) is 4.57 Å². The molecule has 5 rings (SSSR count). The molecule has 0 unspecified atom stereocenters. The molecule has 0 atom stereocenters. The summed E-state index contributed by atoms with van der Waals surface area (Å²) in [4.78, 5) is 14.3. The van der Waals surface area contributed by atoms with Gasteiger partial charge in [-0.15, -0.1) is 6.58 Å². The number of pyridine rings is 1. The minimum absolute atomic E-state index is 0.0781. The third-order valence-electron chi connectivity index (χ3n) is 7.87. The first kappa shape index (κ1) is 30.1. The van der Waals surface area contributed by atoms with Crippen LogP contribution in [0.25, 0.3) is 22.0 Å². The summed E-state index contributed by atoms with van der Waals surface area (Å²) in [5.41, 5.74) is 2.96. The van der Waals surface area contributed by atoms with E-state index in [-0.39, 0.29) is 10.6 Å². The third kappa shape index (κ3) is 5.52. The number of benzene rings is 4. The van der Waals surface area contributed by atoms with Crippen LogP contribution >= 0.6 is 23.2 Å². The molecule has 0 aliphatic carbocycles. The second-order valence-corrected chi connectivity index (χ2v) is 16.6. The summed E-state index contributed by atoms with van der Waals surface area (Å²) in [6.45, 7) is 11.4. The number of hydrogen-bond acceptors (Lipinski definition) is 2. The summed E-state index contributed by atoms with van der Waals surface area (Å²) in [6, 6.07) is 34.3. The standard InChI is InChI=1S/C36H35Cl2NO2Si/c1-5-23-39-33-21-20-26(37)25-31(33)34(29-18-12-13-19-32(29)38)30(35(39)40)22-24-41-42(36(2,3)4,27-14-8-6-9-15-27)28-16-10-7-11-17-28/h5-21,25H,1,22-24H2,2-4H3. The molecule has 214 valence electrons. The quantitative estimate of drug-likeness (QED) is 0.124. The average Bonchev–Trinajstić information content (AvgIpc) is 2.98. The van der Waals surface area contributed by atoms with Crippen molar-refractivity contribution < 1.29 is 4.43 Å². The monoisotopic (exact) mass is 611 g/mol. The maximum atomic E-state index is 14.3. The summed E-state index contributed by atoms with van der Waals surface area (Å²) in [6.07, 6.45) is 2.15. The van der Waals surface area contributed by atoms with Crippen LogP contribution in [0.4, 0.5) is 0 Å². The zero-order valence-electron chi connectivity index (χ0n) is 24.2. The lowest BCUT2D eigenvalue weighted by molar-refractivity contribution is 0.301. The van der Waals surface area contributed by atoms with E-state index in [9.17, 15) is 4.79 Å². The molecular formula is C36H35Cl2NO2Si. The molecule has 1 heterocycles. The van der Waals surface area contributed by atoms with Gasteiger partial charge in [0, 0.05) is 51.7 Å². The van der Waals surface area contributed by atoms with Gasteiger partial charge < -0.3 is 8.99 Å². The molecule has 3 nitrogen and oxygen atoms in total. The van der Waals surface area contributed by atoms with Gasteiger partial charge in [-0.1, -0.05) is 129 Å². The van der Waals surface area contributed by atoms with Crippen LogP contribution in [0.3, 0.4) is 0 Å². The molecule has 0 N–H and O–H groups in total. The molecule has 5 aromatic rings. The van der Waals surface area contributed by atoms with Crippen LogP contribution in [0, 0.1) is 0 Å². The van der Waals surface area contributed by atoms with Crippen molar-refractivity contribution in [3.8, 4) is 11.1 Å². The summed E-state index contributed by atoms with van der Waals surface area (Å²) >= 11 is 13.3. The Morgan fingerprint density at radius 2 is 1.45 bits per heavy atom. The Labute approximate surface area is 259 Å². The van der Waals surface area contributed by atoms with Gasteiger partial charge in [-0.25, -0.2) is 0 Å². The van der Waals surface area contributed by atoms with Gasteiger partial charge in [0.05, 0.1) is 5.52 Å². The van der Waals surface area contributed by atoms with Gasteiger partial charge in [0.15, 0.2) is 0 Å². The van der Waals surface area contributed by atoms with Crippen molar-refractivity contribution in [2.24, 2.45) is 0 Å². The first-order chi connectivity index (χ1) is 20.2. The molecule has 0 radical (unpaired) electrons. The van der Waals surface area contributed by atoms with Gasteiger partial charge >= 0.3 is 0 Å². The Morgan fingerprint density at radius 1 is 0.857 bits per heavy atom. The molecule has 4 aromatic carbocycles. The lowest BCUT2D eigenvalue weighted by Crippen LogP contribution is -2.66. The third-order valence-corrected chi connectivity index (χ3v) is 13.5. The molecule has 0 fully saturated rings. The van der Waals surface area contributed by atoms with E-state index in [0.29, 0.717) is 35.2 Å². The first-order valence-electron chi connectivity index (χ1n) is 14.1. The summed E-state index contributed by atoms with van der Waals surface area (Å²) < 4.78 is 8.95. The van der Waals surface area contributed by atoms with Crippen molar-refractivity contribution in [2.75, 3.05) is 6.61 Å². The summed E-state index contributed by atoms with van der Waals surface area (Å²) in [7, 11) is -2.79. The molecule has 0 aliphatic rings. The van der Waals surface area contributed by atoms with Crippen LogP contribution in [0.5, 0.6) is 0 Å².